The van der Waals surface area contributed by atoms with Gasteiger partial charge in [-0.05, 0) is 18.2 Å². The number of amides is 1. The zero-order chi connectivity index (χ0) is 15.7. The normalized spacial score (nSPS) is 11.0. The molecule has 0 saturated heterocycles. The maximum atomic E-state index is 11.3. The number of rotatable bonds is 4. The van der Waals surface area contributed by atoms with Gasteiger partial charge in [0.05, 0.1) is 6.54 Å². The number of nitrogens with zero attached hydrogens (tertiary/aromatic N) is 2. The van der Waals surface area contributed by atoms with Gasteiger partial charge in [-0.25, -0.2) is 9.13 Å². The Hall–Kier alpha value is -2.53. The first-order chi connectivity index (χ1) is 10.6. The highest BCUT2D eigenvalue weighted by Gasteiger charge is 2.22. The summed E-state index contributed by atoms with van der Waals surface area (Å²) in [6, 6.07) is 15.3. The molecule has 0 radical (unpaired) electrons. The standard InChI is InChI=1S/C16H15ClN4O/c17-12-6-2-1-5-11(12)9-20-13-7-3-4-8-14(13)21(16(20)19)10-15(18)22/h1-8,19H,9-10H2,(H2,18,22)/p+1. The van der Waals surface area contributed by atoms with Gasteiger partial charge in [-0.15, -0.1) is 0 Å². The van der Waals surface area contributed by atoms with Gasteiger partial charge < -0.3 is 5.73 Å². The van der Waals surface area contributed by atoms with Crippen LogP contribution in [-0.2, 0) is 17.9 Å². The Morgan fingerprint density at radius 3 is 2.55 bits per heavy atom. The van der Waals surface area contributed by atoms with Gasteiger partial charge in [0.2, 0.25) is 0 Å². The molecular formula is C16H16ClN4O+. The molecule has 5 nitrogen and oxygen atoms in total. The lowest BCUT2D eigenvalue weighted by atomic mass is 10.2. The molecule has 0 atom stereocenters. The predicted molar refractivity (Wildman–Crippen MR) is 86.3 cm³/mol. The van der Waals surface area contributed by atoms with Crippen molar-refractivity contribution in [3.63, 3.8) is 0 Å². The summed E-state index contributed by atoms with van der Waals surface area (Å²) in [5, 5.41) is 0.682. The van der Waals surface area contributed by atoms with Crippen LogP contribution in [0.5, 0.6) is 0 Å². The molecule has 112 valence electrons. The molecule has 0 saturated carbocycles. The topological polar surface area (TPSA) is 77.9 Å². The van der Waals surface area contributed by atoms with E-state index >= 15 is 0 Å². The molecule has 1 aromatic heterocycles. The number of carbonyl (C=O) groups excluding carboxylic acids is 1. The fourth-order valence-electron chi connectivity index (χ4n) is 2.60. The largest absolute Gasteiger partial charge is 0.367 e. The van der Waals surface area contributed by atoms with E-state index in [1.165, 1.54) is 0 Å². The van der Waals surface area contributed by atoms with Gasteiger partial charge in [-0.1, -0.05) is 41.9 Å². The first-order valence-corrected chi connectivity index (χ1v) is 7.24. The summed E-state index contributed by atoms with van der Waals surface area (Å²) < 4.78 is 3.65. The van der Waals surface area contributed by atoms with Crippen molar-refractivity contribution in [2.24, 2.45) is 5.73 Å². The van der Waals surface area contributed by atoms with Gasteiger partial charge in [-0.3, -0.25) is 10.5 Å². The molecule has 22 heavy (non-hydrogen) atoms. The average molecular weight is 316 g/mol. The number of hydrogen-bond donors (Lipinski definition) is 2. The van der Waals surface area contributed by atoms with E-state index in [-0.39, 0.29) is 6.54 Å². The Morgan fingerprint density at radius 2 is 1.82 bits per heavy atom. The summed E-state index contributed by atoms with van der Waals surface area (Å²) in [7, 11) is 0. The first-order valence-electron chi connectivity index (χ1n) is 6.86. The molecule has 0 aliphatic carbocycles. The third-order valence-electron chi connectivity index (χ3n) is 3.62. The molecule has 6 heteroatoms. The van der Waals surface area contributed by atoms with Crippen LogP contribution in [0.25, 0.3) is 11.0 Å². The summed E-state index contributed by atoms with van der Waals surface area (Å²) in [6.07, 6.45) is 0. The van der Waals surface area contributed by atoms with Gasteiger partial charge in [0.25, 0.3) is 5.91 Å². The van der Waals surface area contributed by atoms with Crippen LogP contribution >= 0.6 is 11.6 Å². The molecule has 0 unspecified atom stereocenters. The second kappa shape index (κ2) is 5.69. The third kappa shape index (κ3) is 2.51. The molecule has 2 aromatic carbocycles. The lowest BCUT2D eigenvalue weighted by Gasteiger charge is -2.04. The van der Waals surface area contributed by atoms with Gasteiger partial charge in [0.1, 0.15) is 11.0 Å². The molecule has 0 bridgehead atoms. The van der Waals surface area contributed by atoms with E-state index in [0.29, 0.717) is 17.5 Å². The Morgan fingerprint density at radius 1 is 1.14 bits per heavy atom. The zero-order valence-corrected chi connectivity index (χ0v) is 12.6. The van der Waals surface area contributed by atoms with Crippen LogP contribution in [0.1, 0.15) is 5.56 Å². The number of halogens is 1. The minimum Gasteiger partial charge on any atom is -0.367 e. The van der Waals surface area contributed by atoms with E-state index in [1.54, 1.807) is 4.57 Å². The quantitative estimate of drug-likeness (QED) is 0.719. The number of nitrogen functional groups attached to an aromatic ring is 1. The number of carbonyl (C=O) groups is 1. The molecular weight excluding hydrogens is 300 g/mol. The van der Waals surface area contributed by atoms with E-state index in [9.17, 15) is 4.79 Å². The molecule has 0 fully saturated rings. The number of benzene rings is 2. The fraction of sp³-hybridized carbons (Fsp3) is 0.125. The molecule has 1 heterocycles. The van der Waals surface area contributed by atoms with Crippen LogP contribution < -0.4 is 16.0 Å². The molecule has 3 rings (SSSR count). The van der Waals surface area contributed by atoms with Crippen LogP contribution in [0.3, 0.4) is 0 Å². The summed E-state index contributed by atoms with van der Waals surface area (Å²) in [6.45, 7) is 0.569. The van der Waals surface area contributed by atoms with Crippen molar-refractivity contribution in [1.82, 2.24) is 4.57 Å². The van der Waals surface area contributed by atoms with Gasteiger partial charge in [0, 0.05) is 10.6 Å². The molecule has 0 aliphatic heterocycles. The molecule has 0 spiro atoms. The van der Waals surface area contributed by atoms with Crippen molar-refractivity contribution in [2.75, 3.05) is 5.73 Å². The molecule has 4 N–H and O–H groups in total. The minimum absolute atomic E-state index is 0.0435. The average Bonchev–Trinajstić information content (AvgIpc) is 2.75. The van der Waals surface area contributed by atoms with E-state index in [4.69, 9.17) is 23.1 Å². The van der Waals surface area contributed by atoms with Crippen molar-refractivity contribution in [3.05, 3.63) is 59.1 Å². The van der Waals surface area contributed by atoms with E-state index in [0.717, 1.165) is 16.6 Å². The van der Waals surface area contributed by atoms with Crippen molar-refractivity contribution in [1.29, 1.82) is 0 Å². The monoisotopic (exact) mass is 315 g/mol. The van der Waals surface area contributed by atoms with Crippen LogP contribution in [0, 0.1) is 0 Å². The number of para-hydroxylation sites is 2. The van der Waals surface area contributed by atoms with E-state index in [2.05, 4.69) is 0 Å². The highest BCUT2D eigenvalue weighted by molar-refractivity contribution is 6.31. The van der Waals surface area contributed by atoms with Gasteiger partial charge in [-0.2, -0.15) is 0 Å². The van der Waals surface area contributed by atoms with Crippen LogP contribution in [-0.4, -0.2) is 10.5 Å². The lowest BCUT2D eigenvalue weighted by Crippen LogP contribution is -2.37. The summed E-state index contributed by atoms with van der Waals surface area (Å²) in [4.78, 5) is 11.3. The Bertz CT molecular complexity index is 856. The Kier molecular flexibility index (Phi) is 3.73. The van der Waals surface area contributed by atoms with Crippen molar-refractivity contribution in [3.8, 4) is 0 Å². The fourth-order valence-corrected chi connectivity index (χ4v) is 2.79. The summed E-state index contributed by atoms with van der Waals surface area (Å²) in [5.74, 6) is 0.0391. The number of imidazole rings is 1. The number of aromatic nitrogens is 2. The van der Waals surface area contributed by atoms with Gasteiger partial charge in [0.15, 0.2) is 6.54 Å². The SMILES string of the molecule is NC(=O)Cn1c(N)[n+](Cc2ccccc2Cl)c2ccccc21. The van der Waals surface area contributed by atoms with Crippen molar-refractivity contribution < 1.29 is 9.36 Å². The van der Waals surface area contributed by atoms with Gasteiger partial charge >= 0.3 is 5.95 Å². The van der Waals surface area contributed by atoms with Crippen molar-refractivity contribution in [2.45, 2.75) is 13.1 Å². The number of hydrogen-bond acceptors (Lipinski definition) is 2. The minimum atomic E-state index is -0.433. The Balaban J connectivity index is 2.15. The second-order valence-electron chi connectivity index (χ2n) is 5.08. The highest BCUT2D eigenvalue weighted by Crippen LogP contribution is 2.19. The lowest BCUT2D eigenvalue weighted by molar-refractivity contribution is -0.648. The van der Waals surface area contributed by atoms with Crippen LogP contribution in [0.2, 0.25) is 5.02 Å². The summed E-state index contributed by atoms with van der Waals surface area (Å²) in [5.41, 5.74) is 14.3. The first kappa shape index (κ1) is 14.4. The third-order valence-corrected chi connectivity index (χ3v) is 3.99. The predicted octanol–water partition coefficient (Wildman–Crippen LogP) is 1.70. The molecule has 1 amide bonds. The second-order valence-corrected chi connectivity index (χ2v) is 5.48. The number of primary amides is 1. The van der Waals surface area contributed by atoms with E-state index < -0.39 is 5.91 Å². The van der Waals surface area contributed by atoms with E-state index in [1.807, 2.05) is 53.1 Å². The smallest absolute Gasteiger partial charge is 0.356 e. The molecule has 0 aliphatic rings. The maximum Gasteiger partial charge on any atom is 0.356 e. The molecule has 3 aromatic rings. The number of anilines is 1. The Labute approximate surface area is 132 Å². The van der Waals surface area contributed by atoms with Crippen molar-refractivity contribution >= 4 is 34.5 Å². The number of nitrogens with two attached hydrogens (primary N) is 2. The summed E-state index contributed by atoms with van der Waals surface area (Å²) >= 11 is 6.23. The maximum absolute atomic E-state index is 11.3. The van der Waals surface area contributed by atoms with Crippen LogP contribution in [0.15, 0.2) is 48.5 Å². The zero-order valence-electron chi connectivity index (χ0n) is 11.9. The number of fused-ring (bicyclic) bond motifs is 1. The highest BCUT2D eigenvalue weighted by atomic mass is 35.5. The van der Waals surface area contributed by atoms with Crippen LogP contribution in [0.4, 0.5) is 5.95 Å².